The number of H-pyrrole nitrogens is 1. The van der Waals surface area contributed by atoms with Crippen LogP contribution in [0, 0.1) is 6.92 Å². The predicted molar refractivity (Wildman–Crippen MR) is 33.0 cm³/mol. The van der Waals surface area contributed by atoms with Gasteiger partial charge in [-0.3, -0.25) is 4.79 Å². The largest absolute Gasteiger partial charge is 0.359 e. The van der Waals surface area contributed by atoms with Crippen LogP contribution in [0.15, 0.2) is 12.3 Å². The highest BCUT2D eigenvalue weighted by Crippen LogP contribution is 1.98. The minimum absolute atomic E-state index is 0. The summed E-state index contributed by atoms with van der Waals surface area (Å²) in [5.41, 5.74) is 1.67. The molecule has 0 aliphatic carbocycles. The van der Waals surface area contributed by atoms with Crippen LogP contribution in [0.2, 0.25) is 0 Å². The number of rotatable bonds is 1. The Morgan fingerprint density at radius 2 is 2.62 bits per heavy atom. The Hall–Kier alpha value is -1.05. The molecule has 1 rings (SSSR count). The summed E-state index contributed by atoms with van der Waals surface area (Å²) in [5.74, 6) is 0. The van der Waals surface area contributed by atoms with Crippen LogP contribution in [0.4, 0.5) is 0 Å². The van der Waals surface area contributed by atoms with E-state index < -0.39 is 0 Å². The molecular weight excluding hydrogens is 102 g/mol. The molecule has 2 nitrogen and oxygen atoms in total. The average molecular weight is 111 g/mol. The van der Waals surface area contributed by atoms with E-state index >= 15 is 0 Å². The van der Waals surface area contributed by atoms with Crippen molar-refractivity contribution in [2.45, 2.75) is 6.92 Å². The van der Waals surface area contributed by atoms with E-state index in [1.54, 1.807) is 6.20 Å². The second-order valence-electron chi connectivity index (χ2n) is 1.69. The lowest BCUT2D eigenvalue weighted by atomic mass is 10.3. The van der Waals surface area contributed by atoms with Gasteiger partial charge in [0.25, 0.3) is 0 Å². The van der Waals surface area contributed by atoms with Crippen molar-refractivity contribution >= 4 is 6.29 Å². The van der Waals surface area contributed by atoms with Crippen molar-refractivity contribution in [1.82, 2.24) is 4.98 Å². The molecule has 1 heterocycles. The van der Waals surface area contributed by atoms with Gasteiger partial charge in [-0.15, -0.1) is 0 Å². The number of nitrogens with one attached hydrogen (secondary N) is 1. The fourth-order valence-corrected chi connectivity index (χ4v) is 0.587. The zero-order valence-corrected chi connectivity index (χ0v) is 4.64. The Bertz CT molecular complexity index is 195. The highest BCUT2D eigenvalue weighted by molar-refractivity contribution is 5.74. The normalized spacial score (nSPS) is 9.12. The number of carbonyl (C=O) groups excluding carboxylic acids is 1. The molecular formula is C6H9NO. The van der Waals surface area contributed by atoms with Crippen LogP contribution in [0.1, 0.15) is 17.5 Å². The number of aromatic amines is 1. The molecule has 44 valence electrons. The van der Waals surface area contributed by atoms with E-state index in [1.807, 2.05) is 13.0 Å². The zero-order valence-electron chi connectivity index (χ0n) is 4.64. The fraction of sp³-hybridized carbons (Fsp3) is 0.167. The summed E-state index contributed by atoms with van der Waals surface area (Å²) in [5, 5.41) is 0. The van der Waals surface area contributed by atoms with E-state index in [2.05, 4.69) is 4.98 Å². The minimum atomic E-state index is 0. The Labute approximate surface area is 49.0 Å². The summed E-state index contributed by atoms with van der Waals surface area (Å²) in [6, 6.07) is 1.86. The standard InChI is InChI=1S/C6H7NO.H2/c1-5-2-3-7-6(5)4-8;/h2-4,7H,1H3;1H. The van der Waals surface area contributed by atoms with Crippen LogP contribution in [0.25, 0.3) is 0 Å². The summed E-state index contributed by atoms with van der Waals surface area (Å²) in [4.78, 5) is 12.8. The van der Waals surface area contributed by atoms with E-state index in [0.29, 0.717) is 5.69 Å². The lowest BCUT2D eigenvalue weighted by Gasteiger charge is -1.80. The fourth-order valence-electron chi connectivity index (χ4n) is 0.587. The summed E-state index contributed by atoms with van der Waals surface area (Å²) < 4.78 is 0. The van der Waals surface area contributed by atoms with E-state index in [-0.39, 0.29) is 1.43 Å². The van der Waals surface area contributed by atoms with Gasteiger partial charge in [0.2, 0.25) is 0 Å². The van der Waals surface area contributed by atoms with Crippen LogP contribution in [0.3, 0.4) is 0 Å². The number of aldehydes is 1. The maximum atomic E-state index is 10.1. The van der Waals surface area contributed by atoms with E-state index in [0.717, 1.165) is 11.8 Å². The van der Waals surface area contributed by atoms with Gasteiger partial charge in [-0.05, 0) is 18.6 Å². The molecule has 0 bridgehead atoms. The van der Waals surface area contributed by atoms with Crippen LogP contribution in [-0.2, 0) is 0 Å². The van der Waals surface area contributed by atoms with Crippen LogP contribution in [0.5, 0.6) is 0 Å². The maximum Gasteiger partial charge on any atom is 0.166 e. The molecule has 0 aromatic carbocycles. The first-order chi connectivity index (χ1) is 3.84. The first-order valence-corrected chi connectivity index (χ1v) is 2.44. The van der Waals surface area contributed by atoms with Gasteiger partial charge in [0.15, 0.2) is 6.29 Å². The second kappa shape index (κ2) is 1.82. The summed E-state index contributed by atoms with van der Waals surface area (Å²) >= 11 is 0. The smallest absolute Gasteiger partial charge is 0.166 e. The molecule has 0 saturated heterocycles. The van der Waals surface area contributed by atoms with Crippen molar-refractivity contribution in [3.05, 3.63) is 23.5 Å². The van der Waals surface area contributed by atoms with Crippen molar-refractivity contribution in [3.63, 3.8) is 0 Å². The molecule has 1 aromatic rings. The average Bonchev–Trinajstić information content (AvgIpc) is 2.14. The molecule has 0 atom stereocenters. The number of carbonyl (C=O) groups is 1. The molecule has 1 N–H and O–H groups in total. The van der Waals surface area contributed by atoms with Gasteiger partial charge in [0, 0.05) is 7.62 Å². The van der Waals surface area contributed by atoms with Gasteiger partial charge in [-0.2, -0.15) is 0 Å². The molecule has 8 heavy (non-hydrogen) atoms. The molecule has 2 heteroatoms. The SMILES string of the molecule is Cc1cc[nH]c1C=O.[HH]. The van der Waals surface area contributed by atoms with E-state index in [4.69, 9.17) is 0 Å². The molecule has 0 radical (unpaired) electrons. The number of aromatic nitrogens is 1. The van der Waals surface area contributed by atoms with Gasteiger partial charge in [-0.1, -0.05) is 0 Å². The molecule has 0 fully saturated rings. The highest BCUT2D eigenvalue weighted by atomic mass is 16.1. The minimum Gasteiger partial charge on any atom is -0.359 e. The zero-order chi connectivity index (χ0) is 5.98. The molecule has 1 aromatic heterocycles. The molecule has 0 aliphatic rings. The molecule has 0 unspecified atom stereocenters. The Kier molecular flexibility index (Phi) is 1.16. The molecule has 0 amide bonds. The Balaban J connectivity index is 0.000000640. The van der Waals surface area contributed by atoms with Crippen molar-refractivity contribution in [1.29, 1.82) is 0 Å². The van der Waals surface area contributed by atoms with Crippen molar-refractivity contribution in [2.75, 3.05) is 0 Å². The first-order valence-electron chi connectivity index (χ1n) is 2.44. The van der Waals surface area contributed by atoms with Crippen molar-refractivity contribution in [2.24, 2.45) is 0 Å². The van der Waals surface area contributed by atoms with Gasteiger partial charge < -0.3 is 4.98 Å². The van der Waals surface area contributed by atoms with Gasteiger partial charge in [0.1, 0.15) is 0 Å². The molecule has 0 spiro atoms. The third-order valence-corrected chi connectivity index (χ3v) is 1.11. The third kappa shape index (κ3) is 0.644. The Morgan fingerprint density at radius 3 is 2.88 bits per heavy atom. The third-order valence-electron chi connectivity index (χ3n) is 1.11. The summed E-state index contributed by atoms with van der Waals surface area (Å²) in [6.07, 6.45) is 2.56. The van der Waals surface area contributed by atoms with Crippen LogP contribution in [-0.4, -0.2) is 11.3 Å². The first kappa shape index (κ1) is 5.09. The van der Waals surface area contributed by atoms with Gasteiger partial charge in [0.05, 0.1) is 5.69 Å². The second-order valence-corrected chi connectivity index (χ2v) is 1.69. The van der Waals surface area contributed by atoms with E-state index in [9.17, 15) is 4.79 Å². The van der Waals surface area contributed by atoms with Crippen LogP contribution < -0.4 is 0 Å². The summed E-state index contributed by atoms with van der Waals surface area (Å²) in [6.45, 7) is 1.89. The molecule has 0 saturated carbocycles. The van der Waals surface area contributed by atoms with Crippen LogP contribution >= 0.6 is 0 Å². The van der Waals surface area contributed by atoms with E-state index in [1.165, 1.54) is 0 Å². The lowest BCUT2D eigenvalue weighted by Crippen LogP contribution is -1.79. The quantitative estimate of drug-likeness (QED) is 0.545. The number of hydrogen-bond acceptors (Lipinski definition) is 1. The van der Waals surface area contributed by atoms with Gasteiger partial charge >= 0.3 is 0 Å². The Morgan fingerprint density at radius 1 is 1.88 bits per heavy atom. The maximum absolute atomic E-state index is 10.1. The lowest BCUT2D eigenvalue weighted by molar-refractivity contribution is 0.111. The van der Waals surface area contributed by atoms with Gasteiger partial charge in [-0.25, -0.2) is 0 Å². The van der Waals surface area contributed by atoms with Crippen molar-refractivity contribution < 1.29 is 6.22 Å². The number of aryl methyl sites for hydroxylation is 1. The van der Waals surface area contributed by atoms with Crippen molar-refractivity contribution in [3.8, 4) is 0 Å². The summed E-state index contributed by atoms with van der Waals surface area (Å²) in [7, 11) is 0. The molecule has 0 aliphatic heterocycles. The predicted octanol–water partition coefficient (Wildman–Crippen LogP) is 1.38. The number of hydrogen-bond donors (Lipinski definition) is 1. The topological polar surface area (TPSA) is 32.9 Å². The highest BCUT2D eigenvalue weighted by Gasteiger charge is 1.92. The monoisotopic (exact) mass is 111 g/mol.